The van der Waals surface area contributed by atoms with Gasteiger partial charge in [0.1, 0.15) is 0 Å². The van der Waals surface area contributed by atoms with Crippen LogP contribution in [0, 0.1) is 6.92 Å². The predicted molar refractivity (Wildman–Crippen MR) is 142 cm³/mol. The largest absolute Gasteiger partial charge is 0.454 e. The number of fused-ring (bicyclic) bond motifs is 2. The van der Waals surface area contributed by atoms with E-state index >= 15 is 0 Å². The number of hydrogen-bond donors (Lipinski definition) is 1. The summed E-state index contributed by atoms with van der Waals surface area (Å²) in [5, 5.41) is 3.75. The van der Waals surface area contributed by atoms with Crippen LogP contribution < -0.4 is 19.5 Å². The van der Waals surface area contributed by atoms with Crippen LogP contribution in [0.3, 0.4) is 0 Å². The highest BCUT2D eigenvalue weighted by atomic mass is 16.7. The molecule has 1 N–H and O–H groups in total. The lowest BCUT2D eigenvalue weighted by Gasteiger charge is -2.20. The third-order valence-corrected chi connectivity index (χ3v) is 6.44. The average molecular weight is 500 g/mol. The topological polar surface area (TPSA) is 82.0 Å². The molecule has 0 spiro atoms. The van der Waals surface area contributed by atoms with Crippen molar-refractivity contribution in [2.24, 2.45) is 0 Å². The van der Waals surface area contributed by atoms with Gasteiger partial charge in [-0.1, -0.05) is 29.8 Å². The molecule has 0 fully saturated rings. The van der Waals surface area contributed by atoms with Crippen LogP contribution in [-0.4, -0.2) is 41.3 Å². The summed E-state index contributed by atoms with van der Waals surface area (Å²) in [6.45, 7) is 7.67. The third-order valence-electron chi connectivity index (χ3n) is 6.44. The lowest BCUT2D eigenvalue weighted by atomic mass is 10.1. The Balaban J connectivity index is 1.52. The van der Waals surface area contributed by atoms with E-state index in [-0.39, 0.29) is 18.4 Å². The minimum Gasteiger partial charge on any atom is -0.454 e. The first-order valence-electron chi connectivity index (χ1n) is 12.3. The van der Waals surface area contributed by atoms with Gasteiger partial charge in [-0.15, -0.1) is 0 Å². The van der Waals surface area contributed by atoms with Crippen molar-refractivity contribution in [3.8, 4) is 17.2 Å². The first-order chi connectivity index (χ1) is 18.0. The van der Waals surface area contributed by atoms with Crippen molar-refractivity contribution in [2.45, 2.75) is 27.3 Å². The van der Waals surface area contributed by atoms with E-state index in [0.717, 1.165) is 10.9 Å². The van der Waals surface area contributed by atoms with E-state index in [1.54, 1.807) is 29.2 Å². The lowest BCUT2D eigenvalue weighted by molar-refractivity contribution is 0.102. The number of ether oxygens (including phenoxy) is 3. The molecule has 3 aromatic carbocycles. The van der Waals surface area contributed by atoms with Gasteiger partial charge < -0.3 is 29.0 Å². The highest BCUT2D eigenvalue weighted by molar-refractivity contribution is 6.11. The summed E-state index contributed by atoms with van der Waals surface area (Å²) in [5.74, 6) is 1.05. The molecular weight excluding hydrogens is 470 g/mol. The van der Waals surface area contributed by atoms with Gasteiger partial charge in [-0.05, 0) is 62.7 Å². The fourth-order valence-corrected chi connectivity index (χ4v) is 4.48. The Kier molecular flexibility index (Phi) is 6.72. The maximum Gasteiger partial charge on any atom is 0.415 e. The van der Waals surface area contributed by atoms with Gasteiger partial charge in [0.25, 0.3) is 5.91 Å². The van der Waals surface area contributed by atoms with Crippen LogP contribution >= 0.6 is 0 Å². The van der Waals surface area contributed by atoms with E-state index in [2.05, 4.69) is 35.0 Å². The number of aryl methyl sites for hydroxylation is 1. The molecule has 0 saturated carbocycles. The van der Waals surface area contributed by atoms with Crippen molar-refractivity contribution in [3.63, 3.8) is 0 Å². The Morgan fingerprint density at radius 1 is 1.00 bits per heavy atom. The number of nitrogens with zero attached hydrogens (tertiary/aromatic N) is 2. The highest BCUT2D eigenvalue weighted by Crippen LogP contribution is 2.37. The van der Waals surface area contributed by atoms with E-state index < -0.39 is 6.09 Å². The number of carbonyl (C=O) groups excluding carboxylic acids is 2. The van der Waals surface area contributed by atoms with Crippen molar-refractivity contribution >= 4 is 28.6 Å². The van der Waals surface area contributed by atoms with Crippen LogP contribution in [0.1, 0.15) is 35.3 Å². The molecule has 1 aliphatic heterocycles. The molecule has 2 amide bonds. The number of hydrogen-bond acceptors (Lipinski definition) is 5. The van der Waals surface area contributed by atoms with Gasteiger partial charge in [0.2, 0.25) is 6.79 Å². The molecule has 0 atom stereocenters. The van der Waals surface area contributed by atoms with E-state index in [1.165, 1.54) is 11.1 Å². The monoisotopic (exact) mass is 499 g/mol. The Bertz CT molecular complexity index is 1470. The number of aromatic nitrogens is 1. The molecule has 0 unspecified atom stereocenters. The zero-order chi connectivity index (χ0) is 25.9. The predicted octanol–water partition coefficient (Wildman–Crippen LogP) is 5.82. The van der Waals surface area contributed by atoms with Crippen LogP contribution in [0.4, 0.5) is 10.5 Å². The SMILES string of the molecule is CCN(CC)C(=O)Oc1ccc2c(ccn2Cc2cccc(C)c2)c1NC(=O)c1ccc2c(c1)OCO2. The number of rotatable bonds is 7. The zero-order valence-electron chi connectivity index (χ0n) is 21.1. The van der Waals surface area contributed by atoms with E-state index in [4.69, 9.17) is 14.2 Å². The molecule has 1 aromatic heterocycles. The molecule has 8 heteroatoms. The maximum atomic E-state index is 13.3. The molecule has 8 nitrogen and oxygen atoms in total. The second kappa shape index (κ2) is 10.3. The Morgan fingerprint density at radius 2 is 1.81 bits per heavy atom. The number of carbonyl (C=O) groups is 2. The molecule has 4 aromatic rings. The number of benzene rings is 3. The molecular formula is C29H29N3O5. The molecule has 0 saturated heterocycles. The van der Waals surface area contributed by atoms with E-state index in [0.29, 0.717) is 42.4 Å². The average Bonchev–Trinajstić information content (AvgIpc) is 3.53. The van der Waals surface area contributed by atoms with Crippen LogP contribution in [-0.2, 0) is 6.54 Å². The summed E-state index contributed by atoms with van der Waals surface area (Å²) in [7, 11) is 0. The molecule has 5 rings (SSSR count). The fraction of sp³-hybridized carbons (Fsp3) is 0.241. The Labute approximate surface area is 215 Å². The van der Waals surface area contributed by atoms with Gasteiger partial charge >= 0.3 is 6.09 Å². The molecule has 0 bridgehead atoms. The van der Waals surface area contributed by atoms with Crippen LogP contribution in [0.2, 0.25) is 0 Å². The molecule has 0 radical (unpaired) electrons. The van der Waals surface area contributed by atoms with Crippen molar-refractivity contribution in [1.29, 1.82) is 0 Å². The molecule has 190 valence electrons. The molecule has 1 aliphatic rings. The zero-order valence-corrected chi connectivity index (χ0v) is 21.1. The van der Waals surface area contributed by atoms with Crippen molar-refractivity contribution in [3.05, 3.63) is 83.6 Å². The lowest BCUT2D eigenvalue weighted by Crippen LogP contribution is -2.33. The smallest absolute Gasteiger partial charge is 0.415 e. The summed E-state index contributed by atoms with van der Waals surface area (Å²) in [6.07, 6.45) is 1.50. The van der Waals surface area contributed by atoms with Gasteiger partial charge in [-0.3, -0.25) is 4.79 Å². The minimum absolute atomic E-state index is 0.125. The Hall–Kier alpha value is -4.46. The highest BCUT2D eigenvalue weighted by Gasteiger charge is 2.21. The summed E-state index contributed by atoms with van der Waals surface area (Å²) < 4.78 is 18.7. The van der Waals surface area contributed by atoms with Gasteiger partial charge in [0, 0.05) is 36.8 Å². The molecule has 37 heavy (non-hydrogen) atoms. The third kappa shape index (κ3) is 4.95. The number of amides is 2. The summed E-state index contributed by atoms with van der Waals surface area (Å²) >= 11 is 0. The number of anilines is 1. The van der Waals surface area contributed by atoms with Crippen molar-refractivity contribution in [1.82, 2.24) is 9.47 Å². The van der Waals surface area contributed by atoms with Gasteiger partial charge in [0.15, 0.2) is 17.2 Å². The second-order valence-corrected chi connectivity index (χ2v) is 8.87. The normalized spacial score (nSPS) is 12.0. The van der Waals surface area contributed by atoms with Crippen molar-refractivity contribution in [2.75, 3.05) is 25.2 Å². The van der Waals surface area contributed by atoms with Gasteiger partial charge in [0.05, 0.1) is 11.2 Å². The Morgan fingerprint density at radius 3 is 2.59 bits per heavy atom. The van der Waals surface area contributed by atoms with Gasteiger partial charge in [-0.2, -0.15) is 0 Å². The second-order valence-electron chi connectivity index (χ2n) is 8.87. The van der Waals surface area contributed by atoms with Crippen LogP contribution in [0.25, 0.3) is 10.9 Å². The van der Waals surface area contributed by atoms with Crippen LogP contribution in [0.5, 0.6) is 17.2 Å². The quantitative estimate of drug-likeness (QED) is 0.347. The minimum atomic E-state index is -0.470. The summed E-state index contributed by atoms with van der Waals surface area (Å²) in [5.41, 5.74) is 4.10. The molecule has 2 heterocycles. The summed E-state index contributed by atoms with van der Waals surface area (Å²) in [4.78, 5) is 27.7. The first-order valence-corrected chi connectivity index (χ1v) is 12.3. The number of nitrogens with one attached hydrogen (secondary N) is 1. The fourth-order valence-electron chi connectivity index (χ4n) is 4.48. The van der Waals surface area contributed by atoms with Crippen LogP contribution in [0.15, 0.2) is 66.9 Å². The van der Waals surface area contributed by atoms with Crippen molar-refractivity contribution < 1.29 is 23.8 Å². The van der Waals surface area contributed by atoms with Gasteiger partial charge in [-0.25, -0.2) is 4.79 Å². The standard InChI is InChI=1S/C29H29N3O5/c1-4-31(5-2)29(34)37-25-12-10-23-22(13-14-32(23)17-20-8-6-7-19(3)15-20)27(25)30-28(33)21-9-11-24-26(16-21)36-18-35-24/h6-16H,4-5,17-18H2,1-3H3,(H,30,33). The summed E-state index contributed by atoms with van der Waals surface area (Å²) in [6, 6.07) is 18.9. The van der Waals surface area contributed by atoms with E-state index in [9.17, 15) is 9.59 Å². The molecule has 0 aliphatic carbocycles. The van der Waals surface area contributed by atoms with E-state index in [1.807, 2.05) is 38.2 Å². The first kappa shape index (κ1) is 24.2. The maximum absolute atomic E-state index is 13.3.